The van der Waals surface area contributed by atoms with Crippen LogP contribution in [0.15, 0.2) is 18.3 Å². The van der Waals surface area contributed by atoms with Gasteiger partial charge in [-0.3, -0.25) is 4.98 Å². The molecule has 1 aromatic heterocycles. The van der Waals surface area contributed by atoms with Crippen LogP contribution < -0.4 is 11.5 Å². The molecule has 72 valence electrons. The molecule has 1 heterocycles. The summed E-state index contributed by atoms with van der Waals surface area (Å²) in [6.45, 7) is 2.16. The summed E-state index contributed by atoms with van der Waals surface area (Å²) in [7, 11) is 0. The van der Waals surface area contributed by atoms with E-state index < -0.39 is 0 Å². The highest BCUT2D eigenvalue weighted by Gasteiger charge is 2.05. The number of pyridine rings is 1. The molecule has 0 aliphatic carbocycles. The molecule has 0 radical (unpaired) electrons. The van der Waals surface area contributed by atoms with E-state index in [2.05, 4.69) is 11.9 Å². The number of hydrogen-bond acceptors (Lipinski definition) is 3. The van der Waals surface area contributed by atoms with Crippen molar-refractivity contribution in [3.63, 3.8) is 0 Å². The van der Waals surface area contributed by atoms with E-state index >= 15 is 0 Å². The number of aromatic nitrogens is 1. The van der Waals surface area contributed by atoms with Gasteiger partial charge in [-0.15, -0.1) is 0 Å². The number of nitrogens with zero attached hydrogens (tertiary/aromatic N) is 1. The Kier molecular flexibility index (Phi) is 3.71. The van der Waals surface area contributed by atoms with Crippen LogP contribution in [0.2, 0.25) is 0 Å². The quantitative estimate of drug-likeness (QED) is 0.741. The zero-order valence-corrected chi connectivity index (χ0v) is 8.03. The van der Waals surface area contributed by atoms with E-state index in [-0.39, 0.29) is 6.04 Å². The maximum atomic E-state index is 5.93. The van der Waals surface area contributed by atoms with Gasteiger partial charge in [0.15, 0.2) is 0 Å². The van der Waals surface area contributed by atoms with Crippen LogP contribution in [0.25, 0.3) is 0 Å². The summed E-state index contributed by atoms with van der Waals surface area (Å²) >= 11 is 0. The highest BCUT2D eigenvalue weighted by Crippen LogP contribution is 2.14. The summed E-state index contributed by atoms with van der Waals surface area (Å²) in [6, 6.07) is 3.80. The normalized spacial score (nSPS) is 12.8. The van der Waals surface area contributed by atoms with Gasteiger partial charge in [-0.1, -0.05) is 19.8 Å². The molecule has 0 aliphatic rings. The zero-order valence-electron chi connectivity index (χ0n) is 8.03. The van der Waals surface area contributed by atoms with Crippen LogP contribution in [-0.4, -0.2) is 4.98 Å². The molecule has 0 saturated heterocycles. The first-order chi connectivity index (χ1) is 6.24. The molecule has 3 heteroatoms. The molecule has 0 aliphatic heterocycles. The number of nitrogen functional groups attached to an aromatic ring is 1. The molecule has 1 atom stereocenters. The highest BCUT2D eigenvalue weighted by molar-refractivity contribution is 5.34. The molecule has 13 heavy (non-hydrogen) atoms. The second-order valence-corrected chi connectivity index (χ2v) is 3.27. The van der Waals surface area contributed by atoms with Gasteiger partial charge in [0.1, 0.15) is 0 Å². The smallest absolute Gasteiger partial charge is 0.0572 e. The Balaban J connectivity index is 2.55. The predicted octanol–water partition coefficient (Wildman–Crippen LogP) is 1.85. The van der Waals surface area contributed by atoms with Gasteiger partial charge in [0.05, 0.1) is 17.6 Å². The molecular formula is C10H17N3. The summed E-state index contributed by atoms with van der Waals surface area (Å²) in [6.07, 6.45) is 4.96. The first-order valence-electron chi connectivity index (χ1n) is 4.71. The van der Waals surface area contributed by atoms with Crippen LogP contribution in [-0.2, 0) is 0 Å². The first-order valence-corrected chi connectivity index (χ1v) is 4.71. The minimum Gasteiger partial charge on any atom is -0.397 e. The standard InChI is InChI=1S/C10H17N3/c1-2-3-4-9(12)10-6-5-8(11)7-13-10/h5-7,9H,2-4,11-12H2,1H3. The first kappa shape index (κ1) is 9.99. The van der Waals surface area contributed by atoms with Crippen molar-refractivity contribution in [1.29, 1.82) is 0 Å². The third-order valence-electron chi connectivity index (χ3n) is 2.06. The van der Waals surface area contributed by atoms with E-state index in [4.69, 9.17) is 11.5 Å². The van der Waals surface area contributed by atoms with E-state index in [1.807, 2.05) is 12.1 Å². The monoisotopic (exact) mass is 179 g/mol. The lowest BCUT2D eigenvalue weighted by atomic mass is 10.1. The lowest BCUT2D eigenvalue weighted by Gasteiger charge is -2.09. The van der Waals surface area contributed by atoms with E-state index in [9.17, 15) is 0 Å². The number of rotatable bonds is 4. The summed E-state index contributed by atoms with van der Waals surface area (Å²) < 4.78 is 0. The summed E-state index contributed by atoms with van der Waals surface area (Å²) in [4.78, 5) is 4.18. The predicted molar refractivity (Wildman–Crippen MR) is 55.1 cm³/mol. The molecule has 1 rings (SSSR count). The van der Waals surface area contributed by atoms with Crippen LogP contribution in [0.4, 0.5) is 5.69 Å². The fourth-order valence-corrected chi connectivity index (χ4v) is 1.21. The third-order valence-corrected chi connectivity index (χ3v) is 2.06. The molecule has 1 unspecified atom stereocenters. The van der Waals surface area contributed by atoms with Gasteiger partial charge in [0, 0.05) is 6.04 Å². The molecule has 3 nitrogen and oxygen atoms in total. The minimum atomic E-state index is 0.0561. The Hall–Kier alpha value is -1.09. The lowest BCUT2D eigenvalue weighted by molar-refractivity contribution is 0.591. The number of unbranched alkanes of at least 4 members (excludes halogenated alkanes) is 1. The molecule has 4 N–H and O–H groups in total. The maximum Gasteiger partial charge on any atom is 0.0572 e. The molecule has 1 aromatic rings. The fraction of sp³-hybridized carbons (Fsp3) is 0.500. The second-order valence-electron chi connectivity index (χ2n) is 3.27. The van der Waals surface area contributed by atoms with Gasteiger partial charge < -0.3 is 11.5 Å². The van der Waals surface area contributed by atoms with Crippen LogP contribution in [0, 0.1) is 0 Å². The molecule has 0 bridgehead atoms. The van der Waals surface area contributed by atoms with Crippen LogP contribution in [0.5, 0.6) is 0 Å². The average molecular weight is 179 g/mol. The van der Waals surface area contributed by atoms with Crippen molar-refractivity contribution in [2.75, 3.05) is 5.73 Å². The highest BCUT2D eigenvalue weighted by atomic mass is 14.8. The summed E-state index contributed by atoms with van der Waals surface area (Å²) in [5.41, 5.74) is 13.1. The zero-order chi connectivity index (χ0) is 9.68. The van der Waals surface area contributed by atoms with Gasteiger partial charge in [-0.05, 0) is 18.6 Å². The van der Waals surface area contributed by atoms with Gasteiger partial charge in [-0.25, -0.2) is 0 Å². The Morgan fingerprint density at radius 2 is 2.23 bits per heavy atom. The van der Waals surface area contributed by atoms with Crippen molar-refractivity contribution in [3.8, 4) is 0 Å². The van der Waals surface area contributed by atoms with Gasteiger partial charge in [0.2, 0.25) is 0 Å². The van der Waals surface area contributed by atoms with Crippen LogP contribution in [0.1, 0.15) is 37.9 Å². The summed E-state index contributed by atoms with van der Waals surface area (Å²) in [5.74, 6) is 0. The van der Waals surface area contributed by atoms with Crippen LogP contribution in [0.3, 0.4) is 0 Å². The Morgan fingerprint density at radius 3 is 2.77 bits per heavy atom. The van der Waals surface area contributed by atoms with E-state index in [1.54, 1.807) is 6.20 Å². The lowest BCUT2D eigenvalue weighted by Crippen LogP contribution is -2.11. The van der Waals surface area contributed by atoms with Crippen LogP contribution >= 0.6 is 0 Å². The van der Waals surface area contributed by atoms with Gasteiger partial charge in [0.25, 0.3) is 0 Å². The van der Waals surface area contributed by atoms with Crippen molar-refractivity contribution < 1.29 is 0 Å². The Bertz CT molecular complexity index is 243. The van der Waals surface area contributed by atoms with E-state index in [0.717, 1.165) is 18.5 Å². The van der Waals surface area contributed by atoms with Crippen molar-refractivity contribution in [2.24, 2.45) is 5.73 Å². The fourth-order valence-electron chi connectivity index (χ4n) is 1.21. The van der Waals surface area contributed by atoms with Gasteiger partial charge in [-0.2, -0.15) is 0 Å². The van der Waals surface area contributed by atoms with E-state index in [0.29, 0.717) is 5.69 Å². The molecule has 0 fully saturated rings. The van der Waals surface area contributed by atoms with Crippen molar-refractivity contribution in [2.45, 2.75) is 32.2 Å². The van der Waals surface area contributed by atoms with Crippen molar-refractivity contribution >= 4 is 5.69 Å². The molecule has 0 spiro atoms. The molecule has 0 saturated carbocycles. The maximum absolute atomic E-state index is 5.93. The largest absolute Gasteiger partial charge is 0.397 e. The summed E-state index contributed by atoms with van der Waals surface area (Å²) in [5, 5.41) is 0. The number of nitrogens with two attached hydrogens (primary N) is 2. The topological polar surface area (TPSA) is 64.9 Å². The Morgan fingerprint density at radius 1 is 1.46 bits per heavy atom. The number of anilines is 1. The Labute approximate surface area is 79.2 Å². The number of hydrogen-bond donors (Lipinski definition) is 2. The molecule has 0 aromatic carbocycles. The van der Waals surface area contributed by atoms with Crippen molar-refractivity contribution in [3.05, 3.63) is 24.0 Å². The van der Waals surface area contributed by atoms with Gasteiger partial charge >= 0.3 is 0 Å². The molecule has 0 amide bonds. The average Bonchev–Trinajstić information content (AvgIpc) is 2.15. The SMILES string of the molecule is CCCCC(N)c1ccc(N)cn1. The molecular weight excluding hydrogens is 162 g/mol. The third kappa shape index (κ3) is 3.03. The second kappa shape index (κ2) is 4.82. The minimum absolute atomic E-state index is 0.0561. The van der Waals surface area contributed by atoms with Crippen molar-refractivity contribution in [1.82, 2.24) is 4.98 Å². The van der Waals surface area contributed by atoms with E-state index in [1.165, 1.54) is 6.42 Å².